The molecule has 1 aromatic rings. The number of likely N-dealkylation sites (N-methyl/N-ethyl adjacent to an activating group) is 1. The smallest absolute Gasteiger partial charge is 0.321 e. The molecule has 1 aromatic carbocycles. The highest BCUT2D eigenvalue weighted by atomic mass is 79.9. The van der Waals surface area contributed by atoms with Crippen LogP contribution in [0.25, 0.3) is 0 Å². The third-order valence-electron chi connectivity index (χ3n) is 2.18. The Hall–Kier alpha value is -0.920. The fourth-order valence-corrected chi connectivity index (χ4v) is 3.37. The predicted octanol–water partition coefficient (Wildman–Crippen LogP) is 1.63. The highest BCUT2D eigenvalue weighted by Gasteiger charge is 2.25. The average Bonchev–Trinajstić information content (AvgIpc) is 2.29. The van der Waals surface area contributed by atoms with Crippen molar-refractivity contribution >= 4 is 31.9 Å². The number of hydrogen-bond acceptors (Lipinski definition) is 4. The van der Waals surface area contributed by atoms with Gasteiger partial charge in [0.1, 0.15) is 6.54 Å². The van der Waals surface area contributed by atoms with Gasteiger partial charge in [-0.15, -0.1) is 0 Å². The Bertz CT molecular complexity index is 530. The molecular weight excluding hydrogens is 322 g/mol. The molecule has 0 atom stereocenters. The Morgan fingerprint density at radius 2 is 2.00 bits per heavy atom. The minimum Gasteiger partial charge on any atom is -0.465 e. The molecule has 0 radical (unpaired) electrons. The van der Waals surface area contributed by atoms with E-state index in [-0.39, 0.29) is 18.0 Å². The van der Waals surface area contributed by atoms with Crippen LogP contribution in [0, 0.1) is 0 Å². The van der Waals surface area contributed by atoms with Gasteiger partial charge in [0, 0.05) is 11.5 Å². The lowest BCUT2D eigenvalue weighted by Gasteiger charge is -2.16. The van der Waals surface area contributed by atoms with Crippen molar-refractivity contribution in [3.05, 3.63) is 28.7 Å². The Kier molecular flexibility index (Phi) is 5.30. The summed E-state index contributed by atoms with van der Waals surface area (Å²) in [5.41, 5.74) is 0. The van der Waals surface area contributed by atoms with Crippen molar-refractivity contribution < 1.29 is 17.9 Å². The maximum absolute atomic E-state index is 12.2. The van der Waals surface area contributed by atoms with Crippen LogP contribution in [0.4, 0.5) is 0 Å². The van der Waals surface area contributed by atoms with Gasteiger partial charge in [-0.3, -0.25) is 4.79 Å². The summed E-state index contributed by atoms with van der Waals surface area (Å²) in [6, 6.07) is 6.44. The van der Waals surface area contributed by atoms with Crippen LogP contribution >= 0.6 is 15.9 Å². The van der Waals surface area contributed by atoms with Crippen molar-refractivity contribution in [1.29, 1.82) is 0 Å². The van der Waals surface area contributed by atoms with Crippen molar-refractivity contribution in [2.75, 3.05) is 20.2 Å². The van der Waals surface area contributed by atoms with Crippen LogP contribution in [0.2, 0.25) is 0 Å². The number of ether oxygens (including phenoxy) is 1. The van der Waals surface area contributed by atoms with Crippen LogP contribution in [-0.2, 0) is 19.6 Å². The fourth-order valence-electron chi connectivity index (χ4n) is 1.30. The summed E-state index contributed by atoms with van der Waals surface area (Å²) in [6.45, 7) is 1.58. The first-order valence-electron chi connectivity index (χ1n) is 5.26. The number of rotatable bonds is 5. The molecule has 0 saturated carbocycles. The molecule has 0 amide bonds. The number of carbonyl (C=O) groups is 1. The lowest BCUT2D eigenvalue weighted by molar-refractivity contribution is -0.143. The van der Waals surface area contributed by atoms with E-state index >= 15 is 0 Å². The maximum Gasteiger partial charge on any atom is 0.321 e. The quantitative estimate of drug-likeness (QED) is 0.767. The molecule has 0 bridgehead atoms. The van der Waals surface area contributed by atoms with Gasteiger partial charge in [-0.25, -0.2) is 8.42 Å². The second kappa shape index (κ2) is 6.31. The van der Waals surface area contributed by atoms with Crippen LogP contribution in [0.3, 0.4) is 0 Å². The molecule has 0 aliphatic rings. The predicted molar refractivity (Wildman–Crippen MR) is 70.6 cm³/mol. The van der Waals surface area contributed by atoms with Gasteiger partial charge in [0.25, 0.3) is 0 Å². The van der Waals surface area contributed by atoms with E-state index in [9.17, 15) is 13.2 Å². The molecule has 0 spiro atoms. The summed E-state index contributed by atoms with van der Waals surface area (Å²) in [7, 11) is -2.36. The Balaban J connectivity index is 2.94. The summed E-state index contributed by atoms with van der Waals surface area (Å²) in [5, 5.41) is 0. The standard InChI is InChI=1S/C11H14BrNO4S/c1-3-17-11(14)8-13(2)18(15,16)10-7-5-4-6-9(10)12/h4-7H,3,8H2,1-2H3. The van der Waals surface area contributed by atoms with Crippen LogP contribution in [0.15, 0.2) is 33.6 Å². The third kappa shape index (κ3) is 3.54. The van der Waals surface area contributed by atoms with Crippen molar-refractivity contribution in [2.24, 2.45) is 0 Å². The number of hydrogen-bond donors (Lipinski definition) is 0. The highest BCUT2D eigenvalue weighted by molar-refractivity contribution is 9.10. The molecule has 0 aliphatic heterocycles. The normalized spacial score (nSPS) is 11.6. The third-order valence-corrected chi connectivity index (χ3v) is 5.00. The van der Waals surface area contributed by atoms with Crippen molar-refractivity contribution in [3.63, 3.8) is 0 Å². The first kappa shape index (κ1) is 15.1. The second-order valence-electron chi connectivity index (χ2n) is 3.50. The molecule has 0 aromatic heterocycles. The van der Waals surface area contributed by atoms with E-state index in [1.54, 1.807) is 25.1 Å². The Morgan fingerprint density at radius 3 is 2.56 bits per heavy atom. The van der Waals surface area contributed by atoms with E-state index in [0.717, 1.165) is 4.31 Å². The number of sulfonamides is 1. The van der Waals surface area contributed by atoms with Gasteiger partial charge in [-0.2, -0.15) is 4.31 Å². The number of benzene rings is 1. The van der Waals surface area contributed by atoms with Crippen molar-refractivity contribution in [1.82, 2.24) is 4.31 Å². The molecule has 0 aliphatic carbocycles. The monoisotopic (exact) mass is 335 g/mol. The average molecular weight is 336 g/mol. The van der Waals surface area contributed by atoms with Crippen LogP contribution in [0.5, 0.6) is 0 Å². The van der Waals surface area contributed by atoms with E-state index in [2.05, 4.69) is 15.9 Å². The molecule has 100 valence electrons. The zero-order chi connectivity index (χ0) is 13.8. The van der Waals surface area contributed by atoms with E-state index in [4.69, 9.17) is 4.74 Å². The number of halogens is 1. The zero-order valence-corrected chi connectivity index (χ0v) is 12.5. The first-order valence-corrected chi connectivity index (χ1v) is 7.49. The van der Waals surface area contributed by atoms with Gasteiger partial charge in [0.05, 0.1) is 11.5 Å². The number of esters is 1. The lowest BCUT2D eigenvalue weighted by Crippen LogP contribution is -2.33. The minimum absolute atomic E-state index is 0.122. The molecule has 0 N–H and O–H groups in total. The van der Waals surface area contributed by atoms with Gasteiger partial charge in [0.2, 0.25) is 10.0 Å². The molecule has 18 heavy (non-hydrogen) atoms. The zero-order valence-electron chi connectivity index (χ0n) is 10.1. The highest BCUT2D eigenvalue weighted by Crippen LogP contribution is 2.23. The SMILES string of the molecule is CCOC(=O)CN(C)S(=O)(=O)c1ccccc1Br. The fraction of sp³-hybridized carbons (Fsp3) is 0.364. The van der Waals surface area contributed by atoms with E-state index in [1.807, 2.05) is 0 Å². The number of nitrogens with zero attached hydrogens (tertiary/aromatic N) is 1. The van der Waals surface area contributed by atoms with Crippen molar-refractivity contribution in [3.8, 4) is 0 Å². The first-order chi connectivity index (χ1) is 8.39. The van der Waals surface area contributed by atoms with Gasteiger partial charge in [-0.05, 0) is 35.0 Å². The molecule has 0 saturated heterocycles. The van der Waals surface area contributed by atoms with Gasteiger partial charge >= 0.3 is 5.97 Å². The largest absolute Gasteiger partial charge is 0.465 e. The lowest BCUT2D eigenvalue weighted by atomic mass is 10.4. The van der Waals surface area contributed by atoms with Crippen LogP contribution in [-0.4, -0.2) is 38.9 Å². The molecule has 1 rings (SSSR count). The Labute approximate surface area is 115 Å². The minimum atomic E-state index is -3.70. The van der Waals surface area contributed by atoms with E-state index in [1.165, 1.54) is 13.1 Å². The topological polar surface area (TPSA) is 63.7 Å². The molecular formula is C11H14BrNO4S. The molecule has 7 heteroatoms. The molecule has 0 fully saturated rings. The van der Waals surface area contributed by atoms with Crippen LogP contribution in [0.1, 0.15) is 6.92 Å². The summed E-state index contributed by atoms with van der Waals surface area (Å²) >= 11 is 3.18. The summed E-state index contributed by atoms with van der Waals surface area (Å²) in [5.74, 6) is -0.573. The van der Waals surface area contributed by atoms with Gasteiger partial charge in [-0.1, -0.05) is 12.1 Å². The summed E-state index contributed by atoms with van der Waals surface area (Å²) in [4.78, 5) is 11.4. The molecule has 0 heterocycles. The summed E-state index contributed by atoms with van der Waals surface area (Å²) < 4.78 is 30.5. The Morgan fingerprint density at radius 1 is 1.39 bits per heavy atom. The van der Waals surface area contributed by atoms with Crippen LogP contribution < -0.4 is 0 Å². The maximum atomic E-state index is 12.2. The second-order valence-corrected chi connectivity index (χ2v) is 6.36. The molecule has 0 unspecified atom stereocenters. The number of carbonyl (C=O) groups excluding carboxylic acids is 1. The summed E-state index contributed by atoms with van der Waals surface area (Å²) in [6.07, 6.45) is 0. The van der Waals surface area contributed by atoms with Crippen molar-refractivity contribution in [2.45, 2.75) is 11.8 Å². The van der Waals surface area contributed by atoms with E-state index < -0.39 is 16.0 Å². The molecule has 5 nitrogen and oxygen atoms in total. The van der Waals surface area contributed by atoms with Gasteiger partial charge < -0.3 is 4.74 Å². The van der Waals surface area contributed by atoms with Gasteiger partial charge in [0.15, 0.2) is 0 Å². The van der Waals surface area contributed by atoms with E-state index in [0.29, 0.717) is 4.47 Å².